The van der Waals surface area contributed by atoms with Crippen molar-refractivity contribution < 1.29 is 13.9 Å². The van der Waals surface area contributed by atoms with Crippen LogP contribution in [0.4, 0.5) is 0 Å². The molecule has 108 valence electrons. The predicted molar refractivity (Wildman–Crippen MR) is 77.3 cm³/mol. The van der Waals surface area contributed by atoms with E-state index in [1.165, 1.54) is 0 Å². The van der Waals surface area contributed by atoms with E-state index in [0.717, 1.165) is 55.0 Å². The maximum Gasteiger partial charge on any atom is 0.135 e. The summed E-state index contributed by atoms with van der Waals surface area (Å²) in [7, 11) is 0. The van der Waals surface area contributed by atoms with E-state index in [2.05, 4.69) is 0 Å². The number of hydrogen-bond acceptors (Lipinski definition) is 4. The van der Waals surface area contributed by atoms with Gasteiger partial charge in [0.25, 0.3) is 0 Å². The molecule has 20 heavy (non-hydrogen) atoms. The number of rotatable bonds is 5. The molecule has 0 bridgehead atoms. The largest absolute Gasteiger partial charge is 0.458 e. The van der Waals surface area contributed by atoms with Crippen molar-refractivity contribution in [3.8, 4) is 0 Å². The zero-order valence-electron chi connectivity index (χ0n) is 11.6. The molecule has 2 aromatic rings. The van der Waals surface area contributed by atoms with Crippen LogP contribution in [0.1, 0.15) is 24.2 Å². The van der Waals surface area contributed by atoms with Crippen LogP contribution in [-0.4, -0.2) is 19.8 Å². The summed E-state index contributed by atoms with van der Waals surface area (Å²) in [6, 6.07) is 7.99. The highest BCUT2D eigenvalue weighted by atomic mass is 16.5. The van der Waals surface area contributed by atoms with Gasteiger partial charge in [-0.25, -0.2) is 0 Å². The first-order chi connectivity index (χ1) is 9.88. The van der Waals surface area contributed by atoms with Crippen LogP contribution in [0.5, 0.6) is 0 Å². The Morgan fingerprint density at radius 2 is 2.00 bits per heavy atom. The molecule has 1 aliphatic rings. The fourth-order valence-corrected chi connectivity index (χ4v) is 2.72. The molecule has 0 amide bonds. The van der Waals surface area contributed by atoms with Crippen LogP contribution in [-0.2, 0) is 22.6 Å². The van der Waals surface area contributed by atoms with E-state index >= 15 is 0 Å². The van der Waals surface area contributed by atoms with Gasteiger partial charge < -0.3 is 19.6 Å². The van der Waals surface area contributed by atoms with E-state index in [9.17, 15) is 0 Å². The first kappa shape index (κ1) is 13.6. The Balaban J connectivity index is 1.64. The maximum atomic E-state index is 5.85. The zero-order chi connectivity index (χ0) is 13.8. The minimum absolute atomic E-state index is 0.479. The summed E-state index contributed by atoms with van der Waals surface area (Å²) in [5.74, 6) is 1.47. The summed E-state index contributed by atoms with van der Waals surface area (Å²) < 4.78 is 17.0. The molecule has 0 unspecified atom stereocenters. The molecule has 1 aliphatic heterocycles. The summed E-state index contributed by atoms with van der Waals surface area (Å²) in [6.07, 6.45) is 2.17. The van der Waals surface area contributed by atoms with Gasteiger partial charge in [0.15, 0.2) is 0 Å². The third-order valence-electron chi connectivity index (χ3n) is 3.91. The van der Waals surface area contributed by atoms with Crippen LogP contribution in [0.15, 0.2) is 28.7 Å². The molecule has 1 aromatic carbocycles. The number of benzene rings is 1. The number of furan rings is 1. The lowest BCUT2D eigenvalue weighted by atomic mass is 10.0. The SMILES string of the molecule is NCc1c(COCC2CCOCC2)oc2ccccc12. The number of para-hydroxylation sites is 1. The standard InChI is InChI=1S/C16H21NO3/c17-9-14-13-3-1-2-4-15(13)20-16(14)11-19-10-12-5-7-18-8-6-12/h1-4,12H,5-11,17H2. The maximum absolute atomic E-state index is 5.85. The average molecular weight is 275 g/mol. The zero-order valence-corrected chi connectivity index (χ0v) is 11.6. The summed E-state index contributed by atoms with van der Waals surface area (Å²) >= 11 is 0. The van der Waals surface area contributed by atoms with Gasteiger partial charge in [0.2, 0.25) is 0 Å². The van der Waals surface area contributed by atoms with Gasteiger partial charge in [0.1, 0.15) is 18.0 Å². The molecule has 0 saturated carbocycles. The molecule has 4 heteroatoms. The summed E-state index contributed by atoms with van der Waals surface area (Å²) in [5.41, 5.74) is 7.79. The van der Waals surface area contributed by atoms with E-state index in [1.54, 1.807) is 0 Å². The van der Waals surface area contributed by atoms with Gasteiger partial charge >= 0.3 is 0 Å². The molecule has 1 fully saturated rings. The van der Waals surface area contributed by atoms with Gasteiger partial charge in [-0.3, -0.25) is 0 Å². The second-order valence-electron chi connectivity index (χ2n) is 5.27. The van der Waals surface area contributed by atoms with Crippen LogP contribution >= 0.6 is 0 Å². The molecule has 0 atom stereocenters. The highest BCUT2D eigenvalue weighted by Crippen LogP contribution is 2.26. The predicted octanol–water partition coefficient (Wildman–Crippen LogP) is 2.83. The van der Waals surface area contributed by atoms with Crippen molar-refractivity contribution in [1.82, 2.24) is 0 Å². The van der Waals surface area contributed by atoms with Gasteiger partial charge in [0, 0.05) is 30.7 Å². The fourth-order valence-electron chi connectivity index (χ4n) is 2.72. The van der Waals surface area contributed by atoms with Crippen LogP contribution in [0.3, 0.4) is 0 Å². The van der Waals surface area contributed by atoms with Crippen LogP contribution in [0.2, 0.25) is 0 Å². The molecule has 2 heterocycles. The highest BCUT2D eigenvalue weighted by molar-refractivity contribution is 5.82. The first-order valence-corrected chi connectivity index (χ1v) is 7.23. The Morgan fingerprint density at radius 3 is 2.80 bits per heavy atom. The number of hydrogen-bond donors (Lipinski definition) is 1. The molecule has 4 nitrogen and oxygen atoms in total. The molecular formula is C16H21NO3. The second-order valence-corrected chi connectivity index (χ2v) is 5.27. The third-order valence-corrected chi connectivity index (χ3v) is 3.91. The van der Waals surface area contributed by atoms with E-state index in [1.807, 2.05) is 24.3 Å². The molecule has 0 spiro atoms. The van der Waals surface area contributed by atoms with Crippen molar-refractivity contribution in [3.63, 3.8) is 0 Å². The minimum Gasteiger partial charge on any atom is -0.458 e. The lowest BCUT2D eigenvalue weighted by Gasteiger charge is -2.21. The van der Waals surface area contributed by atoms with Crippen LogP contribution in [0.25, 0.3) is 11.0 Å². The normalized spacial score (nSPS) is 16.9. The van der Waals surface area contributed by atoms with Gasteiger partial charge in [0.05, 0.1) is 6.61 Å². The topological polar surface area (TPSA) is 57.6 Å². The molecule has 2 N–H and O–H groups in total. The van der Waals surface area contributed by atoms with E-state index < -0.39 is 0 Å². The Labute approximate surface area is 118 Å². The van der Waals surface area contributed by atoms with Crippen molar-refractivity contribution in [1.29, 1.82) is 0 Å². The summed E-state index contributed by atoms with van der Waals surface area (Å²) in [5, 5.41) is 1.10. The quantitative estimate of drug-likeness (QED) is 0.911. The Hall–Kier alpha value is -1.36. The van der Waals surface area contributed by atoms with Crippen molar-refractivity contribution in [3.05, 3.63) is 35.6 Å². The van der Waals surface area contributed by atoms with E-state index in [-0.39, 0.29) is 0 Å². The second kappa shape index (κ2) is 6.39. The van der Waals surface area contributed by atoms with Crippen LogP contribution in [0, 0.1) is 5.92 Å². The molecule has 0 radical (unpaired) electrons. The van der Waals surface area contributed by atoms with Crippen molar-refractivity contribution in [2.24, 2.45) is 11.7 Å². The van der Waals surface area contributed by atoms with Crippen molar-refractivity contribution >= 4 is 11.0 Å². The lowest BCUT2D eigenvalue weighted by Crippen LogP contribution is -2.20. The van der Waals surface area contributed by atoms with E-state index in [4.69, 9.17) is 19.6 Å². The number of ether oxygens (including phenoxy) is 2. The molecule has 0 aliphatic carbocycles. The van der Waals surface area contributed by atoms with Gasteiger partial charge in [-0.2, -0.15) is 0 Å². The highest BCUT2D eigenvalue weighted by Gasteiger charge is 2.16. The fraction of sp³-hybridized carbons (Fsp3) is 0.500. The number of fused-ring (bicyclic) bond motifs is 1. The van der Waals surface area contributed by atoms with Crippen molar-refractivity contribution in [2.75, 3.05) is 19.8 Å². The Morgan fingerprint density at radius 1 is 1.20 bits per heavy atom. The van der Waals surface area contributed by atoms with E-state index in [0.29, 0.717) is 19.1 Å². The molecule has 1 saturated heterocycles. The van der Waals surface area contributed by atoms with Gasteiger partial charge in [-0.05, 0) is 24.8 Å². The van der Waals surface area contributed by atoms with Gasteiger partial charge in [-0.15, -0.1) is 0 Å². The first-order valence-electron chi connectivity index (χ1n) is 7.23. The minimum atomic E-state index is 0.479. The molecule has 3 rings (SSSR count). The summed E-state index contributed by atoms with van der Waals surface area (Å²) in [4.78, 5) is 0. The molecule has 1 aromatic heterocycles. The lowest BCUT2D eigenvalue weighted by molar-refractivity contribution is 0.0120. The Bertz CT molecular complexity index is 558. The Kier molecular flexibility index (Phi) is 4.35. The summed E-state index contributed by atoms with van der Waals surface area (Å²) in [6.45, 7) is 3.45. The van der Waals surface area contributed by atoms with Crippen LogP contribution < -0.4 is 5.73 Å². The average Bonchev–Trinajstić information content (AvgIpc) is 2.86. The molecular weight excluding hydrogens is 254 g/mol. The van der Waals surface area contributed by atoms with Crippen molar-refractivity contribution in [2.45, 2.75) is 26.0 Å². The number of nitrogens with two attached hydrogens (primary N) is 1. The monoisotopic (exact) mass is 275 g/mol. The third kappa shape index (κ3) is 2.87. The smallest absolute Gasteiger partial charge is 0.135 e. The van der Waals surface area contributed by atoms with Gasteiger partial charge in [-0.1, -0.05) is 18.2 Å².